The number of fused-ring (bicyclic) bond motifs is 1. The lowest BCUT2D eigenvalue weighted by atomic mass is 10.0. The Morgan fingerprint density at radius 3 is 2.35 bits per heavy atom. The normalized spacial score (nSPS) is 14.0. The first-order chi connectivity index (χ1) is 14.9. The summed E-state index contributed by atoms with van der Waals surface area (Å²) in [5.74, 6) is -0.0520. The Morgan fingerprint density at radius 2 is 1.68 bits per heavy atom. The zero-order valence-electron chi connectivity index (χ0n) is 16.7. The molecule has 1 N–H and O–H groups in total. The lowest BCUT2D eigenvalue weighted by Crippen LogP contribution is -2.01. The van der Waals surface area contributed by atoms with Crippen LogP contribution in [0.5, 0.6) is 5.75 Å². The van der Waals surface area contributed by atoms with Crippen molar-refractivity contribution >= 4 is 40.8 Å². The summed E-state index contributed by atoms with van der Waals surface area (Å²) in [4.78, 5) is 10.8. The average molecular weight is 451 g/mol. The SMILES string of the molecule is C=C1/C(=C/c2cc(Cl)cc(Cl)c2)Cc2cc(OCc3ccc(CC(=O)O)cc3)ccc21. The zero-order chi connectivity index (χ0) is 22.0. The largest absolute Gasteiger partial charge is 0.489 e. The third kappa shape index (κ3) is 5.19. The number of rotatable bonds is 6. The average Bonchev–Trinajstić information content (AvgIpc) is 3.01. The Labute approximate surface area is 191 Å². The quantitative estimate of drug-likeness (QED) is 0.446. The molecule has 1 aliphatic carbocycles. The molecule has 3 aromatic rings. The summed E-state index contributed by atoms with van der Waals surface area (Å²) in [5.41, 5.74) is 7.10. The summed E-state index contributed by atoms with van der Waals surface area (Å²) in [6.45, 7) is 4.67. The summed E-state index contributed by atoms with van der Waals surface area (Å²) >= 11 is 12.2. The van der Waals surface area contributed by atoms with Crippen LogP contribution < -0.4 is 4.74 Å². The van der Waals surface area contributed by atoms with E-state index < -0.39 is 5.97 Å². The molecule has 3 nitrogen and oxygen atoms in total. The third-order valence-corrected chi connectivity index (χ3v) is 5.62. The van der Waals surface area contributed by atoms with Crippen molar-refractivity contribution in [2.24, 2.45) is 0 Å². The minimum atomic E-state index is -0.837. The Bertz CT molecular complexity index is 1170. The van der Waals surface area contributed by atoms with Gasteiger partial charge in [0.1, 0.15) is 12.4 Å². The smallest absolute Gasteiger partial charge is 0.307 e. The number of allylic oxidation sites excluding steroid dienone is 2. The standard InChI is InChI=1S/C26H20Cl2O3/c1-16-20(8-19-9-22(27)14-23(28)10-19)12-21-13-24(6-7-25(16)21)31-15-18-4-2-17(3-5-18)11-26(29)30/h2-10,13-14H,1,11-12,15H2,(H,29,30)/b20-8+. The van der Waals surface area contributed by atoms with Gasteiger partial charge in [0.25, 0.3) is 0 Å². The van der Waals surface area contributed by atoms with Crippen LogP contribution in [-0.4, -0.2) is 11.1 Å². The first kappa shape index (κ1) is 21.2. The third-order valence-electron chi connectivity index (χ3n) is 5.18. The number of hydrogen-bond donors (Lipinski definition) is 1. The molecule has 0 heterocycles. The van der Waals surface area contributed by atoms with Crippen molar-refractivity contribution in [2.45, 2.75) is 19.4 Å². The molecular formula is C26H20Cl2O3. The molecule has 0 aromatic heterocycles. The van der Waals surface area contributed by atoms with E-state index in [2.05, 4.69) is 12.7 Å². The van der Waals surface area contributed by atoms with Crippen molar-refractivity contribution in [2.75, 3.05) is 0 Å². The molecule has 3 aromatic carbocycles. The maximum atomic E-state index is 10.8. The van der Waals surface area contributed by atoms with Gasteiger partial charge in [-0.2, -0.15) is 0 Å². The van der Waals surface area contributed by atoms with Crippen LogP contribution in [0.1, 0.15) is 27.8 Å². The second-order valence-corrected chi connectivity index (χ2v) is 8.40. The van der Waals surface area contributed by atoms with Crippen LogP contribution in [0.4, 0.5) is 0 Å². The Kier molecular flexibility index (Phi) is 6.17. The molecule has 0 bridgehead atoms. The Morgan fingerprint density at radius 1 is 1.00 bits per heavy atom. The molecule has 31 heavy (non-hydrogen) atoms. The van der Waals surface area contributed by atoms with E-state index in [0.717, 1.165) is 45.6 Å². The van der Waals surface area contributed by atoms with Gasteiger partial charge in [-0.1, -0.05) is 66.2 Å². The fraction of sp³-hybridized carbons (Fsp3) is 0.115. The summed E-state index contributed by atoms with van der Waals surface area (Å²) < 4.78 is 5.96. The predicted molar refractivity (Wildman–Crippen MR) is 126 cm³/mol. The number of hydrogen-bond acceptors (Lipinski definition) is 2. The number of aliphatic carboxylic acids is 1. The van der Waals surface area contributed by atoms with Gasteiger partial charge in [-0.15, -0.1) is 0 Å². The fourth-order valence-corrected chi connectivity index (χ4v) is 4.22. The van der Waals surface area contributed by atoms with Crippen LogP contribution in [0.25, 0.3) is 11.6 Å². The number of carboxylic acids is 1. The van der Waals surface area contributed by atoms with Crippen molar-refractivity contribution in [1.82, 2.24) is 0 Å². The first-order valence-corrected chi connectivity index (χ1v) is 10.5. The van der Waals surface area contributed by atoms with Crippen molar-refractivity contribution in [3.63, 3.8) is 0 Å². The van der Waals surface area contributed by atoms with Gasteiger partial charge in [0.15, 0.2) is 0 Å². The van der Waals surface area contributed by atoms with Gasteiger partial charge in [-0.3, -0.25) is 4.79 Å². The van der Waals surface area contributed by atoms with Crippen molar-refractivity contribution < 1.29 is 14.6 Å². The van der Waals surface area contributed by atoms with Crippen LogP contribution in [-0.2, 0) is 24.2 Å². The first-order valence-electron chi connectivity index (χ1n) is 9.79. The van der Waals surface area contributed by atoms with E-state index >= 15 is 0 Å². The maximum absolute atomic E-state index is 10.8. The highest BCUT2D eigenvalue weighted by Gasteiger charge is 2.20. The molecule has 5 heteroatoms. The van der Waals surface area contributed by atoms with E-state index in [9.17, 15) is 4.79 Å². The molecular weight excluding hydrogens is 431 g/mol. The van der Waals surface area contributed by atoms with Gasteiger partial charge in [0.05, 0.1) is 6.42 Å². The monoisotopic (exact) mass is 450 g/mol. The van der Waals surface area contributed by atoms with Gasteiger partial charge in [-0.25, -0.2) is 0 Å². The second kappa shape index (κ2) is 9.01. The zero-order valence-corrected chi connectivity index (χ0v) is 18.2. The summed E-state index contributed by atoms with van der Waals surface area (Å²) in [5, 5.41) is 10.1. The highest BCUT2D eigenvalue weighted by atomic mass is 35.5. The molecule has 0 spiro atoms. The van der Waals surface area contributed by atoms with E-state index in [0.29, 0.717) is 16.7 Å². The van der Waals surface area contributed by atoms with E-state index in [1.54, 1.807) is 6.07 Å². The van der Waals surface area contributed by atoms with E-state index in [1.165, 1.54) is 5.56 Å². The van der Waals surface area contributed by atoms with Crippen LogP contribution in [0.15, 0.2) is 72.8 Å². The number of benzene rings is 3. The highest BCUT2D eigenvalue weighted by molar-refractivity contribution is 6.34. The van der Waals surface area contributed by atoms with E-state index in [1.807, 2.05) is 54.6 Å². The summed E-state index contributed by atoms with van der Waals surface area (Å²) in [6, 6.07) is 18.9. The molecule has 0 amide bonds. The van der Waals surface area contributed by atoms with Crippen LogP contribution in [0.2, 0.25) is 10.0 Å². The highest BCUT2D eigenvalue weighted by Crippen LogP contribution is 2.38. The lowest BCUT2D eigenvalue weighted by Gasteiger charge is -2.09. The molecule has 0 fully saturated rings. The van der Waals surface area contributed by atoms with Crippen molar-refractivity contribution in [3.8, 4) is 5.75 Å². The molecule has 0 saturated heterocycles. The maximum Gasteiger partial charge on any atom is 0.307 e. The molecule has 0 unspecified atom stereocenters. The molecule has 4 rings (SSSR count). The van der Waals surface area contributed by atoms with Gasteiger partial charge in [-0.05, 0) is 75.7 Å². The van der Waals surface area contributed by atoms with Crippen molar-refractivity contribution in [3.05, 3.63) is 111 Å². The fourth-order valence-electron chi connectivity index (χ4n) is 3.68. The van der Waals surface area contributed by atoms with Crippen LogP contribution in [0, 0.1) is 0 Å². The summed E-state index contributed by atoms with van der Waals surface area (Å²) in [6.07, 6.45) is 2.85. The van der Waals surface area contributed by atoms with Gasteiger partial charge in [0, 0.05) is 10.0 Å². The molecule has 0 radical (unpaired) electrons. The predicted octanol–water partition coefficient (Wildman–Crippen LogP) is 6.85. The van der Waals surface area contributed by atoms with E-state index in [4.69, 9.17) is 33.0 Å². The number of ether oxygens (including phenoxy) is 1. The van der Waals surface area contributed by atoms with Gasteiger partial charge < -0.3 is 9.84 Å². The lowest BCUT2D eigenvalue weighted by molar-refractivity contribution is -0.136. The van der Waals surface area contributed by atoms with Crippen LogP contribution in [0.3, 0.4) is 0 Å². The summed E-state index contributed by atoms with van der Waals surface area (Å²) in [7, 11) is 0. The molecule has 0 saturated carbocycles. The number of halogens is 2. The molecule has 0 aliphatic heterocycles. The van der Waals surface area contributed by atoms with Crippen molar-refractivity contribution in [1.29, 1.82) is 0 Å². The second-order valence-electron chi connectivity index (χ2n) is 7.52. The van der Waals surface area contributed by atoms with E-state index in [-0.39, 0.29) is 6.42 Å². The minimum absolute atomic E-state index is 0.0209. The molecule has 1 aliphatic rings. The minimum Gasteiger partial charge on any atom is -0.489 e. The van der Waals surface area contributed by atoms with Gasteiger partial charge in [0.2, 0.25) is 0 Å². The van der Waals surface area contributed by atoms with Crippen LogP contribution >= 0.6 is 23.2 Å². The molecule has 0 atom stereocenters. The molecule has 156 valence electrons. The van der Waals surface area contributed by atoms with Gasteiger partial charge >= 0.3 is 5.97 Å². The number of carboxylic acid groups (broad SMARTS) is 1. The Hall–Kier alpha value is -3.01. The Balaban J connectivity index is 1.45. The topological polar surface area (TPSA) is 46.5 Å². The number of carbonyl (C=O) groups is 1.